The van der Waals surface area contributed by atoms with Crippen LogP contribution in [0.1, 0.15) is 31.7 Å². The van der Waals surface area contributed by atoms with E-state index in [0.717, 1.165) is 11.3 Å². The summed E-state index contributed by atoms with van der Waals surface area (Å²) >= 11 is 4.10. The minimum absolute atomic E-state index is 0.190. The Morgan fingerprint density at radius 1 is 1.17 bits per heavy atom. The van der Waals surface area contributed by atoms with E-state index in [1.165, 1.54) is 7.11 Å². The van der Waals surface area contributed by atoms with Crippen LogP contribution in [-0.2, 0) is 14.3 Å². The van der Waals surface area contributed by atoms with Crippen LogP contribution in [0, 0.1) is 5.92 Å². The molecule has 6 heteroatoms. The fraction of sp³-hybridized carbons (Fsp3) is 0.529. The van der Waals surface area contributed by atoms with Gasteiger partial charge in [-0.25, -0.2) is 4.79 Å². The number of amides is 1. The topological polar surface area (TPSA) is 64.6 Å². The van der Waals surface area contributed by atoms with Crippen molar-refractivity contribution in [3.8, 4) is 5.75 Å². The summed E-state index contributed by atoms with van der Waals surface area (Å²) in [6, 6.07) is 6.65. The maximum absolute atomic E-state index is 12.6. The minimum atomic E-state index is -0.747. The van der Waals surface area contributed by atoms with E-state index in [4.69, 9.17) is 4.74 Å². The molecule has 1 rings (SSSR count). The van der Waals surface area contributed by atoms with E-state index >= 15 is 0 Å². The molecule has 0 aliphatic rings. The first-order valence-electron chi connectivity index (χ1n) is 7.55. The molecule has 0 saturated carbocycles. The van der Waals surface area contributed by atoms with E-state index in [2.05, 4.69) is 36.5 Å². The zero-order valence-corrected chi connectivity index (χ0v) is 14.9. The summed E-state index contributed by atoms with van der Waals surface area (Å²) in [5.41, 5.74) is 0.889. The Balaban J connectivity index is 2.95. The van der Waals surface area contributed by atoms with E-state index in [9.17, 15) is 9.59 Å². The molecule has 0 aliphatic heterocycles. The fourth-order valence-corrected chi connectivity index (χ4v) is 2.54. The number of hydrogen-bond donors (Lipinski definition) is 2. The van der Waals surface area contributed by atoms with Crippen LogP contribution in [0.3, 0.4) is 0 Å². The van der Waals surface area contributed by atoms with Crippen molar-refractivity contribution in [1.82, 2.24) is 5.32 Å². The number of rotatable bonds is 8. The zero-order chi connectivity index (χ0) is 17.4. The van der Waals surface area contributed by atoms with Crippen LogP contribution in [-0.4, -0.2) is 37.9 Å². The average molecular weight is 339 g/mol. The Kier molecular flexibility index (Phi) is 7.95. The van der Waals surface area contributed by atoms with Gasteiger partial charge in [-0.05, 0) is 30.0 Å². The largest absolute Gasteiger partial charge is 0.497 e. The lowest BCUT2D eigenvalue weighted by molar-refractivity contribution is -0.144. The lowest BCUT2D eigenvalue weighted by Gasteiger charge is -2.22. The molecule has 0 aliphatic carbocycles. The summed E-state index contributed by atoms with van der Waals surface area (Å²) in [7, 11) is 2.89. The van der Waals surface area contributed by atoms with Gasteiger partial charge in [-0.15, -0.1) is 0 Å². The molecule has 1 aromatic carbocycles. The Morgan fingerprint density at radius 2 is 1.78 bits per heavy atom. The van der Waals surface area contributed by atoms with Gasteiger partial charge in [0.15, 0.2) is 0 Å². The Morgan fingerprint density at radius 3 is 2.22 bits per heavy atom. The third-order valence-electron chi connectivity index (χ3n) is 3.53. The Hall–Kier alpha value is -1.69. The number of nitrogens with one attached hydrogen (secondary N) is 1. The monoisotopic (exact) mass is 339 g/mol. The fourth-order valence-electron chi connectivity index (χ4n) is 2.30. The van der Waals surface area contributed by atoms with Crippen molar-refractivity contribution in [2.45, 2.75) is 32.2 Å². The number of esters is 1. The lowest BCUT2D eigenvalue weighted by atomic mass is 9.89. The van der Waals surface area contributed by atoms with Gasteiger partial charge in [-0.2, -0.15) is 12.6 Å². The number of benzene rings is 1. The van der Waals surface area contributed by atoms with E-state index in [0.29, 0.717) is 12.3 Å². The van der Waals surface area contributed by atoms with Crippen LogP contribution < -0.4 is 10.1 Å². The molecule has 128 valence electrons. The summed E-state index contributed by atoms with van der Waals surface area (Å²) in [5.74, 6) is 0.225. The maximum Gasteiger partial charge on any atom is 0.329 e. The summed E-state index contributed by atoms with van der Waals surface area (Å²) in [6.07, 6.45) is 0.679. The number of carbonyl (C=O) groups excluding carboxylic acids is 2. The second-order valence-electron chi connectivity index (χ2n) is 5.72. The van der Waals surface area contributed by atoms with Crippen molar-refractivity contribution in [1.29, 1.82) is 0 Å². The highest BCUT2D eigenvalue weighted by Gasteiger charge is 2.27. The number of thiol groups is 1. The average Bonchev–Trinajstić information content (AvgIpc) is 2.56. The van der Waals surface area contributed by atoms with Gasteiger partial charge in [0.05, 0.1) is 20.1 Å². The molecule has 0 radical (unpaired) electrons. The molecule has 1 amide bonds. The smallest absolute Gasteiger partial charge is 0.329 e. The summed E-state index contributed by atoms with van der Waals surface area (Å²) in [4.78, 5) is 24.3. The molecule has 0 bridgehead atoms. The van der Waals surface area contributed by atoms with Crippen molar-refractivity contribution in [2.24, 2.45) is 5.92 Å². The van der Waals surface area contributed by atoms with Crippen LogP contribution in [0.5, 0.6) is 5.75 Å². The SMILES string of the molecule is COC(=O)[C@H](CS)NC(=O)[C@H](CC(C)C)c1ccc(OC)cc1. The minimum Gasteiger partial charge on any atom is -0.497 e. The molecule has 0 spiro atoms. The molecule has 0 unspecified atom stereocenters. The third kappa shape index (κ3) is 5.78. The third-order valence-corrected chi connectivity index (χ3v) is 3.89. The second kappa shape index (κ2) is 9.45. The molecule has 0 saturated heterocycles. The van der Waals surface area contributed by atoms with E-state index in [1.807, 2.05) is 24.3 Å². The van der Waals surface area contributed by atoms with E-state index < -0.39 is 12.0 Å². The van der Waals surface area contributed by atoms with Gasteiger partial charge < -0.3 is 14.8 Å². The molecule has 0 heterocycles. The number of methoxy groups -OCH3 is 2. The van der Waals surface area contributed by atoms with Crippen molar-refractivity contribution in [3.05, 3.63) is 29.8 Å². The molecule has 0 fully saturated rings. The van der Waals surface area contributed by atoms with Crippen molar-refractivity contribution in [3.63, 3.8) is 0 Å². The van der Waals surface area contributed by atoms with Crippen molar-refractivity contribution >= 4 is 24.5 Å². The molecular weight excluding hydrogens is 314 g/mol. The van der Waals surface area contributed by atoms with Gasteiger partial charge in [0.1, 0.15) is 11.8 Å². The van der Waals surface area contributed by atoms with Gasteiger partial charge in [0.25, 0.3) is 0 Å². The number of carbonyl (C=O) groups is 2. The second-order valence-corrected chi connectivity index (χ2v) is 6.09. The first kappa shape index (κ1) is 19.4. The van der Waals surface area contributed by atoms with Gasteiger partial charge >= 0.3 is 5.97 Å². The van der Waals surface area contributed by atoms with Crippen LogP contribution in [0.25, 0.3) is 0 Å². The molecule has 2 atom stereocenters. The molecular formula is C17H25NO4S. The van der Waals surface area contributed by atoms with Gasteiger partial charge in [-0.1, -0.05) is 26.0 Å². The lowest BCUT2D eigenvalue weighted by Crippen LogP contribution is -2.45. The number of hydrogen-bond acceptors (Lipinski definition) is 5. The van der Waals surface area contributed by atoms with E-state index in [-0.39, 0.29) is 17.6 Å². The van der Waals surface area contributed by atoms with E-state index in [1.54, 1.807) is 7.11 Å². The summed E-state index contributed by atoms with van der Waals surface area (Å²) in [6.45, 7) is 4.11. The van der Waals surface area contributed by atoms with Crippen LogP contribution in [0.2, 0.25) is 0 Å². The van der Waals surface area contributed by atoms with Crippen LogP contribution in [0.4, 0.5) is 0 Å². The standard InChI is InChI=1S/C17H25NO4S/c1-11(2)9-14(12-5-7-13(21-3)8-6-12)16(19)18-15(10-23)17(20)22-4/h5-8,11,14-15,23H,9-10H2,1-4H3,(H,18,19)/t14-,15+/m1/s1. The first-order valence-corrected chi connectivity index (χ1v) is 8.19. The maximum atomic E-state index is 12.6. The number of ether oxygens (including phenoxy) is 2. The highest BCUT2D eigenvalue weighted by atomic mass is 32.1. The molecule has 0 aromatic heterocycles. The normalized spacial score (nSPS) is 13.3. The molecule has 1 aromatic rings. The van der Waals surface area contributed by atoms with Crippen molar-refractivity contribution < 1.29 is 19.1 Å². The predicted molar refractivity (Wildman–Crippen MR) is 93.0 cm³/mol. The molecule has 1 N–H and O–H groups in total. The predicted octanol–water partition coefficient (Wildman–Crippen LogP) is 2.41. The molecule has 5 nitrogen and oxygen atoms in total. The Bertz CT molecular complexity index is 516. The zero-order valence-electron chi connectivity index (χ0n) is 14.0. The highest BCUT2D eigenvalue weighted by Crippen LogP contribution is 2.26. The summed E-state index contributed by atoms with van der Waals surface area (Å²) < 4.78 is 9.83. The van der Waals surface area contributed by atoms with Gasteiger partial charge in [0, 0.05) is 5.75 Å². The Labute approximate surface area is 143 Å². The summed E-state index contributed by atoms with van der Waals surface area (Å²) in [5, 5.41) is 2.73. The van der Waals surface area contributed by atoms with Gasteiger partial charge in [0.2, 0.25) is 5.91 Å². The molecule has 23 heavy (non-hydrogen) atoms. The quantitative estimate of drug-likeness (QED) is 0.564. The highest BCUT2D eigenvalue weighted by molar-refractivity contribution is 7.80. The van der Waals surface area contributed by atoms with Crippen LogP contribution in [0.15, 0.2) is 24.3 Å². The first-order chi connectivity index (χ1) is 10.9. The van der Waals surface area contributed by atoms with Gasteiger partial charge in [-0.3, -0.25) is 4.79 Å². The van der Waals surface area contributed by atoms with Crippen LogP contribution >= 0.6 is 12.6 Å². The van der Waals surface area contributed by atoms with Crippen molar-refractivity contribution in [2.75, 3.05) is 20.0 Å².